The summed E-state index contributed by atoms with van der Waals surface area (Å²) in [6.07, 6.45) is 4.88. The fraction of sp³-hybridized carbons (Fsp3) is 0.158. The molecule has 8 heteroatoms. The molecule has 136 valence electrons. The summed E-state index contributed by atoms with van der Waals surface area (Å²) >= 11 is 1.51. The number of imidazole rings is 1. The van der Waals surface area contributed by atoms with Crippen molar-refractivity contribution in [2.75, 3.05) is 5.32 Å². The highest BCUT2D eigenvalue weighted by atomic mass is 32.1. The summed E-state index contributed by atoms with van der Waals surface area (Å²) in [6, 6.07) is 7.36. The van der Waals surface area contributed by atoms with Gasteiger partial charge in [0.1, 0.15) is 23.0 Å². The lowest BCUT2D eigenvalue weighted by molar-refractivity contribution is -0.137. The normalized spacial score (nSPS) is 12.2. The number of carboxylic acids is 1. The first-order valence-electron chi connectivity index (χ1n) is 8.37. The zero-order valence-corrected chi connectivity index (χ0v) is 15.3. The number of carboxylic acid groups (broad SMARTS) is 1. The third kappa shape index (κ3) is 3.52. The third-order valence-electron chi connectivity index (χ3n) is 4.32. The van der Waals surface area contributed by atoms with Crippen molar-refractivity contribution in [2.24, 2.45) is 0 Å². The number of aromatic nitrogens is 4. The van der Waals surface area contributed by atoms with E-state index in [1.165, 1.54) is 29.6 Å². The highest BCUT2D eigenvalue weighted by Gasteiger charge is 2.22. The van der Waals surface area contributed by atoms with Gasteiger partial charge < -0.3 is 15.4 Å². The largest absolute Gasteiger partial charge is 0.480 e. The molecule has 3 N–H and O–H groups in total. The molecular weight excluding hydrogens is 362 g/mol. The van der Waals surface area contributed by atoms with E-state index < -0.39 is 12.0 Å². The van der Waals surface area contributed by atoms with Crippen LogP contribution < -0.4 is 5.32 Å². The number of hydrogen-bond acceptors (Lipinski definition) is 6. The van der Waals surface area contributed by atoms with Gasteiger partial charge in [-0.1, -0.05) is 29.8 Å². The Morgan fingerprint density at radius 1 is 1.30 bits per heavy atom. The van der Waals surface area contributed by atoms with Gasteiger partial charge in [-0.25, -0.2) is 19.7 Å². The summed E-state index contributed by atoms with van der Waals surface area (Å²) in [6.45, 7) is 2.04. The summed E-state index contributed by atoms with van der Waals surface area (Å²) in [5, 5.41) is 15.6. The zero-order valence-electron chi connectivity index (χ0n) is 14.5. The minimum Gasteiger partial charge on any atom is -0.480 e. The van der Waals surface area contributed by atoms with Gasteiger partial charge in [0.2, 0.25) is 0 Å². The number of hydrogen-bond donors (Lipinski definition) is 3. The molecule has 0 radical (unpaired) electrons. The molecule has 3 aromatic heterocycles. The van der Waals surface area contributed by atoms with Crippen LogP contribution in [0.2, 0.25) is 0 Å². The van der Waals surface area contributed by atoms with Crippen molar-refractivity contribution in [2.45, 2.75) is 19.4 Å². The van der Waals surface area contributed by atoms with Gasteiger partial charge in [-0.3, -0.25) is 0 Å². The van der Waals surface area contributed by atoms with Crippen molar-refractivity contribution >= 4 is 33.3 Å². The monoisotopic (exact) mass is 379 g/mol. The molecule has 4 rings (SSSR count). The molecule has 0 amide bonds. The molecule has 0 aliphatic heterocycles. The molecule has 0 aliphatic carbocycles. The lowest BCUT2D eigenvalue weighted by Gasteiger charge is -2.15. The number of aromatic amines is 1. The Morgan fingerprint density at radius 3 is 2.81 bits per heavy atom. The molecule has 4 aromatic rings. The van der Waals surface area contributed by atoms with Crippen LogP contribution in [0, 0.1) is 6.92 Å². The number of anilines is 1. The summed E-state index contributed by atoms with van der Waals surface area (Å²) in [4.78, 5) is 28.1. The standard InChI is InChI=1S/C19H17N5O2S/c1-11-2-4-12(5-3-11)14-8-27-18-16(14)17(22-10-23-18)24-15(19(25)26)6-13-7-20-9-21-13/h2-5,7-10,15H,6H2,1H3,(H,20,21)(H,25,26)(H,22,23,24). The van der Waals surface area contributed by atoms with Crippen molar-refractivity contribution in [3.8, 4) is 11.1 Å². The second-order valence-corrected chi connectivity index (χ2v) is 7.09. The topological polar surface area (TPSA) is 104 Å². The number of aryl methyl sites for hydroxylation is 1. The van der Waals surface area contributed by atoms with E-state index in [-0.39, 0.29) is 6.42 Å². The van der Waals surface area contributed by atoms with E-state index in [2.05, 4.69) is 25.3 Å². The number of H-pyrrole nitrogens is 1. The van der Waals surface area contributed by atoms with Crippen LogP contribution in [0.5, 0.6) is 0 Å². The van der Waals surface area contributed by atoms with Crippen molar-refractivity contribution in [1.29, 1.82) is 0 Å². The summed E-state index contributed by atoms with van der Waals surface area (Å²) in [5.74, 6) is -0.438. The molecule has 7 nitrogen and oxygen atoms in total. The molecule has 0 fully saturated rings. The van der Waals surface area contributed by atoms with Crippen LogP contribution in [0.15, 0.2) is 48.5 Å². The fourth-order valence-electron chi connectivity index (χ4n) is 2.91. The number of nitrogens with zero attached hydrogens (tertiary/aromatic N) is 3. The Kier molecular flexibility index (Phi) is 4.55. The first-order valence-corrected chi connectivity index (χ1v) is 9.25. The number of rotatable bonds is 6. The van der Waals surface area contributed by atoms with Gasteiger partial charge in [-0.15, -0.1) is 11.3 Å². The molecular formula is C19H17N5O2S. The van der Waals surface area contributed by atoms with Gasteiger partial charge in [0.25, 0.3) is 0 Å². The fourth-order valence-corrected chi connectivity index (χ4v) is 3.83. The van der Waals surface area contributed by atoms with Crippen molar-refractivity contribution in [1.82, 2.24) is 19.9 Å². The van der Waals surface area contributed by atoms with Crippen molar-refractivity contribution in [3.63, 3.8) is 0 Å². The van der Waals surface area contributed by atoms with Crippen molar-refractivity contribution < 1.29 is 9.90 Å². The molecule has 0 saturated carbocycles. The molecule has 3 heterocycles. The SMILES string of the molecule is Cc1ccc(-c2csc3ncnc(NC(Cc4cnc[nH]4)C(=O)O)c23)cc1. The number of fused-ring (bicyclic) bond motifs is 1. The van der Waals surface area contributed by atoms with Crippen LogP contribution in [0.3, 0.4) is 0 Å². The lowest BCUT2D eigenvalue weighted by Crippen LogP contribution is -2.32. The number of carbonyl (C=O) groups is 1. The van der Waals surface area contributed by atoms with E-state index in [1.54, 1.807) is 6.20 Å². The van der Waals surface area contributed by atoms with Crippen LogP contribution in [-0.2, 0) is 11.2 Å². The highest BCUT2D eigenvalue weighted by Crippen LogP contribution is 2.36. The Labute approximate surface area is 159 Å². The first kappa shape index (κ1) is 17.2. The number of aliphatic carboxylic acids is 1. The number of nitrogens with one attached hydrogen (secondary N) is 2. The lowest BCUT2D eigenvalue weighted by atomic mass is 10.0. The maximum absolute atomic E-state index is 11.8. The quantitative estimate of drug-likeness (QED) is 0.474. The smallest absolute Gasteiger partial charge is 0.326 e. The van der Waals surface area contributed by atoms with E-state index in [0.717, 1.165) is 27.0 Å². The highest BCUT2D eigenvalue weighted by molar-refractivity contribution is 7.17. The van der Waals surface area contributed by atoms with E-state index in [1.807, 2.05) is 36.6 Å². The minimum absolute atomic E-state index is 0.269. The molecule has 1 unspecified atom stereocenters. The van der Waals surface area contributed by atoms with E-state index in [4.69, 9.17) is 0 Å². The number of benzene rings is 1. The van der Waals surface area contributed by atoms with Gasteiger partial charge in [0, 0.05) is 29.3 Å². The maximum Gasteiger partial charge on any atom is 0.326 e. The van der Waals surface area contributed by atoms with Crippen molar-refractivity contribution in [3.05, 3.63) is 59.8 Å². The van der Waals surface area contributed by atoms with E-state index in [0.29, 0.717) is 5.82 Å². The molecule has 0 aliphatic rings. The Hall–Kier alpha value is -3.26. The Bertz CT molecular complexity index is 1070. The second kappa shape index (κ2) is 7.16. The van der Waals surface area contributed by atoms with E-state index >= 15 is 0 Å². The van der Waals surface area contributed by atoms with Gasteiger partial charge >= 0.3 is 5.97 Å². The summed E-state index contributed by atoms with van der Waals surface area (Å²) in [5.41, 5.74) is 3.96. The average Bonchev–Trinajstić information content (AvgIpc) is 3.32. The van der Waals surface area contributed by atoms with Crippen LogP contribution in [0.25, 0.3) is 21.3 Å². The molecule has 0 spiro atoms. The minimum atomic E-state index is -0.955. The average molecular weight is 379 g/mol. The van der Waals surface area contributed by atoms with Crippen LogP contribution >= 0.6 is 11.3 Å². The second-order valence-electron chi connectivity index (χ2n) is 6.23. The number of thiophene rings is 1. The van der Waals surface area contributed by atoms with Gasteiger partial charge in [0.05, 0.1) is 11.7 Å². The predicted octanol–water partition coefficient (Wildman–Crippen LogP) is 3.50. The van der Waals surface area contributed by atoms with Gasteiger partial charge in [-0.05, 0) is 12.5 Å². The van der Waals surface area contributed by atoms with Crippen LogP contribution in [0.1, 0.15) is 11.3 Å². The van der Waals surface area contributed by atoms with Gasteiger partial charge in [-0.2, -0.15) is 0 Å². The Morgan fingerprint density at radius 2 is 2.11 bits per heavy atom. The zero-order chi connectivity index (χ0) is 18.8. The van der Waals surface area contributed by atoms with Gasteiger partial charge in [0.15, 0.2) is 0 Å². The molecule has 0 bridgehead atoms. The summed E-state index contributed by atoms with van der Waals surface area (Å²) in [7, 11) is 0. The van der Waals surface area contributed by atoms with E-state index in [9.17, 15) is 9.90 Å². The maximum atomic E-state index is 11.8. The summed E-state index contributed by atoms with van der Waals surface area (Å²) < 4.78 is 0. The molecule has 27 heavy (non-hydrogen) atoms. The Balaban J connectivity index is 1.73. The predicted molar refractivity (Wildman–Crippen MR) is 105 cm³/mol. The molecule has 1 aromatic carbocycles. The van der Waals surface area contributed by atoms with Crippen LogP contribution in [0.4, 0.5) is 5.82 Å². The van der Waals surface area contributed by atoms with Crippen LogP contribution in [-0.4, -0.2) is 37.1 Å². The third-order valence-corrected chi connectivity index (χ3v) is 5.21. The first-order chi connectivity index (χ1) is 13.1. The molecule has 1 atom stereocenters. The molecule has 0 saturated heterocycles.